The summed E-state index contributed by atoms with van der Waals surface area (Å²) in [7, 11) is -3.88. The molecule has 0 amide bonds. The minimum Gasteiger partial charge on any atom is -0.437 e. The Kier molecular flexibility index (Phi) is 5.74. The number of ether oxygens (including phenoxy) is 1. The van der Waals surface area contributed by atoms with E-state index >= 15 is 0 Å². The Hall–Kier alpha value is -0.820. The molecule has 0 aromatic carbocycles. The molecule has 0 bridgehead atoms. The Morgan fingerprint density at radius 1 is 1.31 bits per heavy atom. The lowest BCUT2D eigenvalue weighted by molar-refractivity contribution is 0.0880. The monoisotopic (exact) mass is 248 g/mol. The molecular formula is C10H17O5P. The molecule has 0 spiro atoms. The number of hydrogen-bond acceptors (Lipinski definition) is 5. The Morgan fingerprint density at radius 2 is 1.75 bits per heavy atom. The van der Waals surface area contributed by atoms with Crippen LogP contribution in [0.5, 0.6) is 0 Å². The zero-order valence-corrected chi connectivity index (χ0v) is 10.9. The minimum atomic E-state index is -3.88. The molecule has 0 unspecified atom stereocenters. The van der Waals surface area contributed by atoms with Gasteiger partial charge in [0.05, 0.1) is 13.2 Å². The topological polar surface area (TPSA) is 61.8 Å². The summed E-state index contributed by atoms with van der Waals surface area (Å²) in [6, 6.07) is 0. The van der Waals surface area contributed by atoms with Crippen LogP contribution in [0.2, 0.25) is 0 Å². The van der Waals surface area contributed by atoms with Crippen LogP contribution in [0.1, 0.15) is 27.7 Å². The van der Waals surface area contributed by atoms with E-state index in [0.29, 0.717) is 0 Å². The van der Waals surface area contributed by atoms with Crippen molar-refractivity contribution in [3.05, 3.63) is 0 Å². The first-order valence-corrected chi connectivity index (χ1v) is 6.46. The van der Waals surface area contributed by atoms with Gasteiger partial charge in [-0.2, -0.15) is 0 Å². The Labute approximate surface area is 96.0 Å². The van der Waals surface area contributed by atoms with Gasteiger partial charge >= 0.3 is 13.3 Å². The Bertz CT molecular complexity index is 319. The third-order valence-corrected chi connectivity index (χ3v) is 3.25. The van der Waals surface area contributed by atoms with Crippen LogP contribution in [0.15, 0.2) is 0 Å². The molecule has 5 nitrogen and oxygen atoms in total. The van der Waals surface area contributed by atoms with Crippen molar-refractivity contribution in [3.63, 3.8) is 0 Å². The summed E-state index contributed by atoms with van der Waals surface area (Å²) in [5.74, 6) is 2.25. The van der Waals surface area contributed by atoms with Crippen molar-refractivity contribution in [1.82, 2.24) is 0 Å². The van der Waals surface area contributed by atoms with Crippen molar-refractivity contribution in [3.8, 4) is 12.3 Å². The van der Waals surface area contributed by atoms with Crippen molar-refractivity contribution < 1.29 is 23.1 Å². The molecule has 0 radical (unpaired) electrons. The molecule has 0 N–H and O–H groups in total. The van der Waals surface area contributed by atoms with E-state index < -0.39 is 18.9 Å². The van der Waals surface area contributed by atoms with E-state index in [4.69, 9.17) is 20.2 Å². The average molecular weight is 248 g/mol. The van der Waals surface area contributed by atoms with Gasteiger partial charge in [-0.3, -0.25) is 0 Å². The van der Waals surface area contributed by atoms with Gasteiger partial charge in [-0.05, 0) is 27.7 Å². The highest BCUT2D eigenvalue weighted by atomic mass is 31.2. The lowest BCUT2D eigenvalue weighted by Crippen LogP contribution is -2.26. The molecule has 0 saturated heterocycles. The third kappa shape index (κ3) is 4.36. The molecule has 0 fully saturated rings. The molecule has 0 heterocycles. The second kappa shape index (κ2) is 6.05. The normalized spacial score (nSPS) is 11.9. The summed E-state index contributed by atoms with van der Waals surface area (Å²) in [6.07, 6.45) is 5.15. The largest absolute Gasteiger partial charge is 0.438 e. The predicted molar refractivity (Wildman–Crippen MR) is 60.3 cm³/mol. The zero-order valence-electron chi connectivity index (χ0n) is 9.98. The second-order valence-corrected chi connectivity index (χ2v) is 5.23. The first-order valence-electron chi connectivity index (χ1n) is 4.91. The summed E-state index contributed by atoms with van der Waals surface area (Å²) in [6.45, 7) is 6.39. The van der Waals surface area contributed by atoms with Gasteiger partial charge in [0.1, 0.15) is 0 Å². The highest BCUT2D eigenvalue weighted by molar-refractivity contribution is 7.71. The fourth-order valence-corrected chi connectivity index (χ4v) is 2.09. The van der Waals surface area contributed by atoms with Gasteiger partial charge in [-0.15, -0.1) is 6.42 Å². The SMILES string of the molecule is C#CC(C)(C)OC(=O)P(=O)(OCC)OCC. The standard InChI is InChI=1S/C10H17O5P/c1-6-10(4,5)15-9(11)16(12,13-7-2)14-8-3/h1H,7-8H2,2-5H3. The van der Waals surface area contributed by atoms with Crippen LogP contribution in [0.25, 0.3) is 0 Å². The predicted octanol–water partition coefficient (Wildman–Crippen LogP) is 2.80. The van der Waals surface area contributed by atoms with Crippen LogP contribution in [0.3, 0.4) is 0 Å². The molecular weight excluding hydrogens is 231 g/mol. The van der Waals surface area contributed by atoms with E-state index in [9.17, 15) is 9.36 Å². The smallest absolute Gasteiger partial charge is 0.437 e. The maximum atomic E-state index is 11.9. The number of terminal acetylenes is 1. The van der Waals surface area contributed by atoms with Gasteiger partial charge < -0.3 is 13.8 Å². The quantitative estimate of drug-likeness (QED) is 0.534. The Morgan fingerprint density at radius 3 is 2.06 bits per heavy atom. The van der Waals surface area contributed by atoms with Crippen molar-refractivity contribution in [2.24, 2.45) is 0 Å². The van der Waals surface area contributed by atoms with Gasteiger partial charge in [0.2, 0.25) is 0 Å². The van der Waals surface area contributed by atoms with Crippen molar-refractivity contribution in [2.75, 3.05) is 13.2 Å². The molecule has 0 saturated carbocycles. The summed E-state index contributed by atoms with van der Waals surface area (Å²) in [5, 5.41) is 0. The molecule has 0 aliphatic rings. The molecule has 0 aliphatic carbocycles. The molecule has 0 atom stereocenters. The highest BCUT2D eigenvalue weighted by Gasteiger charge is 2.39. The number of carbonyl (C=O) groups is 1. The van der Waals surface area contributed by atoms with Crippen molar-refractivity contribution >= 4 is 13.3 Å². The fourth-order valence-electron chi connectivity index (χ4n) is 0.786. The molecule has 16 heavy (non-hydrogen) atoms. The maximum absolute atomic E-state index is 11.9. The van der Waals surface area contributed by atoms with E-state index in [1.807, 2.05) is 0 Å². The van der Waals surface area contributed by atoms with Crippen molar-refractivity contribution in [1.29, 1.82) is 0 Å². The Balaban J connectivity index is 4.78. The van der Waals surface area contributed by atoms with E-state index in [1.165, 1.54) is 13.8 Å². The van der Waals surface area contributed by atoms with Crippen LogP contribution in [0.4, 0.5) is 4.79 Å². The second-order valence-electron chi connectivity index (χ2n) is 3.36. The summed E-state index contributed by atoms with van der Waals surface area (Å²) < 4.78 is 26.4. The highest BCUT2D eigenvalue weighted by Crippen LogP contribution is 2.50. The molecule has 0 aromatic rings. The van der Waals surface area contributed by atoms with Crippen LogP contribution in [-0.4, -0.2) is 24.5 Å². The molecule has 0 aromatic heterocycles. The number of hydrogen-bond donors (Lipinski definition) is 0. The van der Waals surface area contributed by atoms with Crippen molar-refractivity contribution in [2.45, 2.75) is 33.3 Å². The van der Waals surface area contributed by atoms with Gasteiger partial charge in [0, 0.05) is 0 Å². The van der Waals surface area contributed by atoms with Gasteiger partial charge in [-0.25, -0.2) is 9.36 Å². The van der Waals surface area contributed by atoms with E-state index in [0.717, 1.165) is 0 Å². The minimum absolute atomic E-state index is 0.0862. The number of carbonyl (C=O) groups excluding carboxylic acids is 1. The molecule has 6 heteroatoms. The van der Waals surface area contributed by atoms with E-state index in [1.54, 1.807) is 13.8 Å². The first-order chi connectivity index (χ1) is 7.31. The van der Waals surface area contributed by atoms with Gasteiger partial charge in [0.25, 0.3) is 0 Å². The van der Waals surface area contributed by atoms with Crippen LogP contribution >= 0.6 is 7.60 Å². The van der Waals surface area contributed by atoms with Crippen LogP contribution in [0, 0.1) is 12.3 Å². The summed E-state index contributed by atoms with van der Waals surface area (Å²) in [4.78, 5) is 11.6. The fraction of sp³-hybridized carbons (Fsp3) is 0.700. The third-order valence-electron chi connectivity index (χ3n) is 1.51. The molecule has 92 valence electrons. The average Bonchev–Trinajstić information content (AvgIpc) is 2.18. The molecule has 0 aliphatic heterocycles. The lowest BCUT2D eigenvalue weighted by Gasteiger charge is -2.22. The summed E-state index contributed by atoms with van der Waals surface area (Å²) in [5.41, 5.74) is -2.19. The van der Waals surface area contributed by atoms with E-state index in [2.05, 4.69) is 5.92 Å². The van der Waals surface area contributed by atoms with E-state index in [-0.39, 0.29) is 13.2 Å². The van der Waals surface area contributed by atoms with Gasteiger partial charge in [0.15, 0.2) is 5.60 Å². The van der Waals surface area contributed by atoms with Crippen LogP contribution in [-0.2, 0) is 18.3 Å². The molecule has 0 rings (SSSR count). The lowest BCUT2D eigenvalue weighted by atomic mass is 10.2. The zero-order chi connectivity index (χ0) is 12.8. The maximum Gasteiger partial charge on any atom is 0.438 e. The van der Waals surface area contributed by atoms with Crippen LogP contribution < -0.4 is 0 Å². The first kappa shape index (κ1) is 15.2. The number of rotatable bonds is 6. The van der Waals surface area contributed by atoms with Gasteiger partial charge in [-0.1, -0.05) is 5.92 Å². The summed E-state index contributed by atoms with van der Waals surface area (Å²) >= 11 is 0.